The highest BCUT2D eigenvalue weighted by molar-refractivity contribution is 5.75. The van der Waals surface area contributed by atoms with Gasteiger partial charge in [-0.2, -0.15) is 0 Å². The zero-order valence-electron chi connectivity index (χ0n) is 9.74. The van der Waals surface area contributed by atoms with E-state index in [0.29, 0.717) is 13.2 Å². The van der Waals surface area contributed by atoms with Gasteiger partial charge in [-0.05, 0) is 25.9 Å². The first-order valence-electron chi connectivity index (χ1n) is 5.37. The van der Waals surface area contributed by atoms with Gasteiger partial charge in [0.1, 0.15) is 0 Å². The zero-order chi connectivity index (χ0) is 11.7. The molecule has 0 heterocycles. The fraction of sp³-hybridized carbons (Fsp3) is 0.900. The fourth-order valence-electron chi connectivity index (χ4n) is 1.62. The average molecular weight is 217 g/mol. The number of carbonyl (C=O) groups excluding carboxylic acids is 1. The molecular formula is C10H23N3O2. The molecule has 0 saturated heterocycles. The van der Waals surface area contributed by atoms with Crippen molar-refractivity contribution in [1.29, 1.82) is 0 Å². The Kier molecular flexibility index (Phi) is 8.27. The summed E-state index contributed by atoms with van der Waals surface area (Å²) in [5.41, 5.74) is 10.7. The van der Waals surface area contributed by atoms with Crippen molar-refractivity contribution in [3.63, 3.8) is 0 Å². The molecule has 0 rings (SSSR count). The van der Waals surface area contributed by atoms with E-state index >= 15 is 0 Å². The van der Waals surface area contributed by atoms with E-state index in [0.717, 1.165) is 19.4 Å². The van der Waals surface area contributed by atoms with Crippen LogP contribution in [-0.4, -0.2) is 50.2 Å². The molecule has 0 aliphatic carbocycles. The van der Waals surface area contributed by atoms with E-state index in [1.807, 2.05) is 11.8 Å². The van der Waals surface area contributed by atoms with E-state index in [9.17, 15) is 4.79 Å². The van der Waals surface area contributed by atoms with Crippen LogP contribution in [-0.2, 0) is 9.53 Å². The molecule has 0 saturated carbocycles. The second kappa shape index (κ2) is 8.64. The van der Waals surface area contributed by atoms with Gasteiger partial charge in [0.05, 0.1) is 13.2 Å². The Balaban J connectivity index is 4.18. The molecule has 90 valence electrons. The van der Waals surface area contributed by atoms with E-state index in [-0.39, 0.29) is 18.5 Å². The molecule has 0 aliphatic rings. The summed E-state index contributed by atoms with van der Waals surface area (Å²) in [7, 11) is 1.66. The minimum absolute atomic E-state index is 0.232. The molecule has 4 N–H and O–H groups in total. The Morgan fingerprint density at radius 1 is 1.53 bits per heavy atom. The number of primary amides is 1. The molecule has 0 aromatic rings. The number of methoxy groups -OCH3 is 1. The van der Waals surface area contributed by atoms with Gasteiger partial charge in [-0.3, -0.25) is 9.69 Å². The van der Waals surface area contributed by atoms with Crippen molar-refractivity contribution in [2.75, 3.05) is 33.4 Å². The van der Waals surface area contributed by atoms with Crippen molar-refractivity contribution in [2.45, 2.75) is 25.8 Å². The van der Waals surface area contributed by atoms with E-state index in [2.05, 4.69) is 0 Å². The third-order valence-electron chi connectivity index (χ3n) is 2.38. The van der Waals surface area contributed by atoms with Crippen molar-refractivity contribution in [3.8, 4) is 0 Å². The van der Waals surface area contributed by atoms with Crippen LogP contribution in [0.3, 0.4) is 0 Å². The first-order valence-corrected chi connectivity index (χ1v) is 5.37. The Morgan fingerprint density at radius 2 is 2.20 bits per heavy atom. The number of ether oxygens (including phenoxy) is 1. The van der Waals surface area contributed by atoms with Crippen molar-refractivity contribution >= 4 is 5.91 Å². The Morgan fingerprint density at radius 3 is 2.60 bits per heavy atom. The first-order chi connectivity index (χ1) is 7.15. The van der Waals surface area contributed by atoms with Crippen LogP contribution in [0.25, 0.3) is 0 Å². The third-order valence-corrected chi connectivity index (χ3v) is 2.38. The maximum Gasteiger partial charge on any atom is 0.231 e. The summed E-state index contributed by atoms with van der Waals surface area (Å²) in [5, 5.41) is 0. The first kappa shape index (κ1) is 14.3. The van der Waals surface area contributed by atoms with E-state index in [4.69, 9.17) is 16.2 Å². The van der Waals surface area contributed by atoms with Crippen LogP contribution in [0.2, 0.25) is 0 Å². The molecular weight excluding hydrogens is 194 g/mol. The van der Waals surface area contributed by atoms with E-state index in [1.54, 1.807) is 7.11 Å². The van der Waals surface area contributed by atoms with Crippen LogP contribution >= 0.6 is 0 Å². The number of likely N-dealkylation sites (N-methyl/N-ethyl adjacent to an activating group) is 1. The standard InChI is InChI=1S/C10H23N3O2/c1-3-13(7-10(12)14)9(8-15-2)5-4-6-11/h9H,3-8,11H2,1-2H3,(H2,12,14). The van der Waals surface area contributed by atoms with Gasteiger partial charge in [-0.1, -0.05) is 6.92 Å². The smallest absolute Gasteiger partial charge is 0.231 e. The van der Waals surface area contributed by atoms with E-state index in [1.165, 1.54) is 0 Å². The van der Waals surface area contributed by atoms with Gasteiger partial charge in [0.15, 0.2) is 0 Å². The molecule has 0 aliphatic heterocycles. The molecule has 5 heteroatoms. The molecule has 1 unspecified atom stereocenters. The minimum Gasteiger partial charge on any atom is -0.383 e. The average Bonchev–Trinajstić information content (AvgIpc) is 2.20. The number of rotatable bonds is 9. The fourth-order valence-corrected chi connectivity index (χ4v) is 1.62. The van der Waals surface area contributed by atoms with Crippen LogP contribution in [0.5, 0.6) is 0 Å². The van der Waals surface area contributed by atoms with Crippen molar-refractivity contribution in [2.24, 2.45) is 11.5 Å². The van der Waals surface area contributed by atoms with Crippen LogP contribution < -0.4 is 11.5 Å². The second-order valence-electron chi connectivity index (χ2n) is 3.57. The normalized spacial score (nSPS) is 13.1. The monoisotopic (exact) mass is 217 g/mol. The molecule has 0 fully saturated rings. The van der Waals surface area contributed by atoms with Crippen molar-refractivity contribution in [3.05, 3.63) is 0 Å². The summed E-state index contributed by atoms with van der Waals surface area (Å²) in [6.45, 7) is 4.36. The van der Waals surface area contributed by atoms with Crippen LogP contribution in [0, 0.1) is 0 Å². The van der Waals surface area contributed by atoms with Crippen LogP contribution in [0.15, 0.2) is 0 Å². The molecule has 0 spiro atoms. The summed E-state index contributed by atoms with van der Waals surface area (Å²) in [5.74, 6) is -0.300. The molecule has 15 heavy (non-hydrogen) atoms. The highest BCUT2D eigenvalue weighted by Gasteiger charge is 2.17. The number of nitrogens with zero attached hydrogens (tertiary/aromatic N) is 1. The lowest BCUT2D eigenvalue weighted by molar-refractivity contribution is -0.120. The van der Waals surface area contributed by atoms with Gasteiger partial charge < -0.3 is 16.2 Å². The second-order valence-corrected chi connectivity index (χ2v) is 3.57. The summed E-state index contributed by atoms with van der Waals surface area (Å²) in [6, 6.07) is 0.232. The van der Waals surface area contributed by atoms with Crippen LogP contribution in [0.4, 0.5) is 0 Å². The summed E-state index contributed by atoms with van der Waals surface area (Å²) < 4.78 is 5.13. The van der Waals surface area contributed by atoms with Gasteiger partial charge in [0.25, 0.3) is 0 Å². The third kappa shape index (κ3) is 6.43. The molecule has 5 nitrogen and oxygen atoms in total. The Labute approximate surface area is 91.7 Å². The molecule has 0 aromatic heterocycles. The summed E-state index contributed by atoms with van der Waals surface area (Å²) in [4.78, 5) is 12.9. The largest absolute Gasteiger partial charge is 0.383 e. The highest BCUT2D eigenvalue weighted by Crippen LogP contribution is 2.06. The van der Waals surface area contributed by atoms with E-state index < -0.39 is 0 Å². The predicted octanol–water partition coefficient (Wildman–Crippen LogP) is -0.452. The van der Waals surface area contributed by atoms with Crippen LogP contribution in [0.1, 0.15) is 19.8 Å². The Hall–Kier alpha value is -0.650. The lowest BCUT2D eigenvalue weighted by Crippen LogP contribution is -2.43. The summed E-state index contributed by atoms with van der Waals surface area (Å²) >= 11 is 0. The number of nitrogens with two attached hydrogens (primary N) is 2. The van der Waals surface area contributed by atoms with Gasteiger partial charge in [-0.25, -0.2) is 0 Å². The lowest BCUT2D eigenvalue weighted by Gasteiger charge is -2.29. The SMILES string of the molecule is CCN(CC(N)=O)C(CCCN)COC. The molecule has 0 bridgehead atoms. The maximum atomic E-state index is 10.9. The van der Waals surface area contributed by atoms with Gasteiger partial charge in [0.2, 0.25) is 5.91 Å². The van der Waals surface area contributed by atoms with Gasteiger partial charge in [0, 0.05) is 13.2 Å². The van der Waals surface area contributed by atoms with Crippen molar-refractivity contribution in [1.82, 2.24) is 4.90 Å². The topological polar surface area (TPSA) is 81.6 Å². The summed E-state index contributed by atoms with van der Waals surface area (Å²) in [6.07, 6.45) is 1.87. The molecule has 1 atom stereocenters. The number of hydrogen-bond acceptors (Lipinski definition) is 4. The lowest BCUT2D eigenvalue weighted by atomic mass is 10.1. The number of amides is 1. The number of carbonyl (C=O) groups is 1. The molecule has 0 radical (unpaired) electrons. The maximum absolute atomic E-state index is 10.9. The Bertz CT molecular complexity index is 176. The van der Waals surface area contributed by atoms with Gasteiger partial charge >= 0.3 is 0 Å². The highest BCUT2D eigenvalue weighted by atomic mass is 16.5. The minimum atomic E-state index is -0.300. The van der Waals surface area contributed by atoms with Crippen molar-refractivity contribution < 1.29 is 9.53 Å². The quantitative estimate of drug-likeness (QED) is 0.548. The van der Waals surface area contributed by atoms with Gasteiger partial charge in [-0.15, -0.1) is 0 Å². The predicted molar refractivity (Wildman–Crippen MR) is 60.4 cm³/mol. The molecule has 0 aromatic carbocycles. The zero-order valence-corrected chi connectivity index (χ0v) is 9.74. The number of hydrogen-bond donors (Lipinski definition) is 2. The molecule has 1 amide bonds.